The number of hydrogen-bond acceptors (Lipinski definition) is 3. The Hall–Kier alpha value is -0.120. The summed E-state index contributed by atoms with van der Waals surface area (Å²) >= 11 is 0. The van der Waals surface area contributed by atoms with Crippen LogP contribution < -0.4 is 5.32 Å². The van der Waals surface area contributed by atoms with Gasteiger partial charge < -0.3 is 15.0 Å². The normalized spacial score (nSPS) is 23.6. The van der Waals surface area contributed by atoms with Gasteiger partial charge in [0.2, 0.25) is 0 Å². The minimum atomic E-state index is 0.561. The van der Waals surface area contributed by atoms with Crippen LogP contribution in [0, 0.1) is 0 Å². The zero-order valence-electron chi connectivity index (χ0n) is 10.5. The second-order valence-electron chi connectivity index (χ2n) is 4.81. The highest BCUT2D eigenvalue weighted by molar-refractivity contribution is 4.73. The first-order valence-corrected chi connectivity index (χ1v) is 6.21. The fourth-order valence-electron chi connectivity index (χ4n) is 1.99. The molecule has 0 radical (unpaired) electrons. The van der Waals surface area contributed by atoms with Crippen molar-refractivity contribution < 1.29 is 4.74 Å². The molecule has 0 bridgehead atoms. The number of likely N-dealkylation sites (tertiary alicyclic amines) is 1. The molecule has 1 atom stereocenters. The lowest BCUT2D eigenvalue weighted by Gasteiger charge is -2.32. The predicted molar refractivity (Wildman–Crippen MR) is 64.2 cm³/mol. The van der Waals surface area contributed by atoms with Crippen molar-refractivity contribution in [1.82, 2.24) is 10.2 Å². The van der Waals surface area contributed by atoms with Gasteiger partial charge in [-0.05, 0) is 26.4 Å². The summed E-state index contributed by atoms with van der Waals surface area (Å²) in [5, 5.41) is 3.36. The molecule has 0 aliphatic carbocycles. The monoisotopic (exact) mass is 214 g/mol. The Labute approximate surface area is 94.2 Å². The molecule has 0 aromatic carbocycles. The van der Waals surface area contributed by atoms with E-state index in [1.54, 1.807) is 0 Å². The summed E-state index contributed by atoms with van der Waals surface area (Å²) in [6, 6.07) is 1.21. The van der Waals surface area contributed by atoms with Gasteiger partial charge in [0.1, 0.15) is 0 Å². The van der Waals surface area contributed by atoms with Crippen molar-refractivity contribution in [2.45, 2.75) is 45.2 Å². The molecule has 1 rings (SSSR count). The molecule has 15 heavy (non-hydrogen) atoms. The Bertz CT molecular complexity index is 162. The lowest BCUT2D eigenvalue weighted by atomic mass is 10.0. The lowest BCUT2D eigenvalue weighted by Crippen LogP contribution is -2.40. The molecule has 3 heteroatoms. The van der Waals surface area contributed by atoms with E-state index in [0.29, 0.717) is 12.1 Å². The van der Waals surface area contributed by atoms with Crippen molar-refractivity contribution in [3.63, 3.8) is 0 Å². The molecule has 1 heterocycles. The van der Waals surface area contributed by atoms with Crippen LogP contribution in [0.2, 0.25) is 0 Å². The van der Waals surface area contributed by atoms with Crippen molar-refractivity contribution in [2.75, 3.05) is 33.4 Å². The van der Waals surface area contributed by atoms with E-state index in [1.165, 1.54) is 25.8 Å². The standard InChI is InChI=1S/C12H26N2O/c1-11(2)13-7-9-15-10-12-6-4-5-8-14(12)3/h11-13H,4-10H2,1-3H3. The van der Waals surface area contributed by atoms with Crippen LogP contribution in [0.15, 0.2) is 0 Å². The summed E-state index contributed by atoms with van der Waals surface area (Å²) in [7, 11) is 2.21. The summed E-state index contributed by atoms with van der Waals surface area (Å²) in [6.45, 7) is 8.26. The molecule has 1 N–H and O–H groups in total. The molecule has 1 saturated heterocycles. The molecule has 0 saturated carbocycles. The van der Waals surface area contributed by atoms with E-state index in [1.807, 2.05) is 0 Å². The Morgan fingerprint density at radius 3 is 2.87 bits per heavy atom. The minimum absolute atomic E-state index is 0.561. The highest BCUT2D eigenvalue weighted by Crippen LogP contribution is 2.14. The highest BCUT2D eigenvalue weighted by Gasteiger charge is 2.18. The van der Waals surface area contributed by atoms with E-state index >= 15 is 0 Å². The van der Waals surface area contributed by atoms with Gasteiger partial charge in [-0.25, -0.2) is 0 Å². The zero-order valence-corrected chi connectivity index (χ0v) is 10.5. The largest absolute Gasteiger partial charge is 0.379 e. The first kappa shape index (κ1) is 12.9. The fraction of sp³-hybridized carbons (Fsp3) is 1.00. The second-order valence-corrected chi connectivity index (χ2v) is 4.81. The predicted octanol–water partition coefficient (Wildman–Crippen LogP) is 1.49. The summed E-state index contributed by atoms with van der Waals surface area (Å²) in [6.07, 6.45) is 4.01. The molecule has 0 amide bonds. The van der Waals surface area contributed by atoms with Crippen LogP contribution in [0.3, 0.4) is 0 Å². The Kier molecular flexibility index (Phi) is 6.22. The lowest BCUT2D eigenvalue weighted by molar-refractivity contribution is 0.0538. The van der Waals surface area contributed by atoms with Crippen molar-refractivity contribution in [3.8, 4) is 0 Å². The van der Waals surface area contributed by atoms with Crippen LogP contribution in [0.5, 0.6) is 0 Å². The summed E-state index contributed by atoms with van der Waals surface area (Å²) in [5.41, 5.74) is 0. The average Bonchev–Trinajstić information content (AvgIpc) is 2.20. The number of piperidine rings is 1. The van der Waals surface area contributed by atoms with Gasteiger partial charge in [-0.15, -0.1) is 0 Å². The minimum Gasteiger partial charge on any atom is -0.379 e. The maximum Gasteiger partial charge on any atom is 0.0622 e. The van der Waals surface area contributed by atoms with Crippen LogP contribution in [0.4, 0.5) is 0 Å². The van der Waals surface area contributed by atoms with Crippen LogP contribution >= 0.6 is 0 Å². The molecule has 0 aromatic rings. The van der Waals surface area contributed by atoms with Crippen molar-refractivity contribution in [2.24, 2.45) is 0 Å². The summed E-state index contributed by atoms with van der Waals surface area (Å²) < 4.78 is 5.69. The maximum absolute atomic E-state index is 5.69. The molecular weight excluding hydrogens is 188 g/mol. The third kappa shape index (κ3) is 5.50. The number of nitrogens with zero attached hydrogens (tertiary/aromatic N) is 1. The molecule has 1 aliphatic rings. The number of rotatable bonds is 6. The summed E-state index contributed by atoms with van der Waals surface area (Å²) in [4.78, 5) is 2.43. The molecule has 90 valence electrons. The van der Waals surface area contributed by atoms with E-state index in [4.69, 9.17) is 4.74 Å². The zero-order chi connectivity index (χ0) is 11.1. The molecule has 1 unspecified atom stereocenters. The van der Waals surface area contributed by atoms with Gasteiger partial charge in [0, 0.05) is 18.6 Å². The van der Waals surface area contributed by atoms with Gasteiger partial charge in [0.15, 0.2) is 0 Å². The fourth-order valence-corrected chi connectivity index (χ4v) is 1.99. The van der Waals surface area contributed by atoms with E-state index < -0.39 is 0 Å². The van der Waals surface area contributed by atoms with Gasteiger partial charge in [0.05, 0.1) is 13.2 Å². The van der Waals surface area contributed by atoms with Crippen LogP contribution in [-0.4, -0.2) is 50.3 Å². The van der Waals surface area contributed by atoms with Crippen molar-refractivity contribution in [3.05, 3.63) is 0 Å². The van der Waals surface area contributed by atoms with E-state index in [-0.39, 0.29) is 0 Å². The maximum atomic E-state index is 5.69. The third-order valence-electron chi connectivity index (χ3n) is 3.03. The Morgan fingerprint density at radius 2 is 2.20 bits per heavy atom. The van der Waals surface area contributed by atoms with Gasteiger partial charge >= 0.3 is 0 Å². The number of ether oxygens (including phenoxy) is 1. The Morgan fingerprint density at radius 1 is 1.40 bits per heavy atom. The van der Waals surface area contributed by atoms with Crippen molar-refractivity contribution in [1.29, 1.82) is 0 Å². The average molecular weight is 214 g/mol. The quantitative estimate of drug-likeness (QED) is 0.678. The number of nitrogens with one attached hydrogen (secondary N) is 1. The number of likely N-dealkylation sites (N-methyl/N-ethyl adjacent to an activating group) is 1. The molecular formula is C12H26N2O. The first-order valence-electron chi connectivity index (χ1n) is 6.21. The van der Waals surface area contributed by atoms with Crippen molar-refractivity contribution >= 4 is 0 Å². The summed E-state index contributed by atoms with van der Waals surface area (Å²) in [5.74, 6) is 0. The van der Waals surface area contributed by atoms with Gasteiger partial charge in [-0.1, -0.05) is 20.3 Å². The van der Waals surface area contributed by atoms with Gasteiger partial charge in [-0.2, -0.15) is 0 Å². The molecule has 1 fully saturated rings. The SMILES string of the molecule is CC(C)NCCOCC1CCCCN1C. The van der Waals surface area contributed by atoms with E-state index in [0.717, 1.165) is 19.8 Å². The highest BCUT2D eigenvalue weighted by atomic mass is 16.5. The van der Waals surface area contributed by atoms with Crippen LogP contribution in [0.1, 0.15) is 33.1 Å². The molecule has 0 spiro atoms. The third-order valence-corrected chi connectivity index (χ3v) is 3.03. The molecule has 0 aromatic heterocycles. The Balaban J connectivity index is 1.99. The first-order chi connectivity index (χ1) is 7.20. The van der Waals surface area contributed by atoms with E-state index in [2.05, 4.69) is 31.1 Å². The topological polar surface area (TPSA) is 24.5 Å². The van der Waals surface area contributed by atoms with E-state index in [9.17, 15) is 0 Å². The molecule has 1 aliphatic heterocycles. The van der Waals surface area contributed by atoms with Crippen LogP contribution in [-0.2, 0) is 4.74 Å². The van der Waals surface area contributed by atoms with Gasteiger partial charge in [-0.3, -0.25) is 0 Å². The van der Waals surface area contributed by atoms with Gasteiger partial charge in [0.25, 0.3) is 0 Å². The van der Waals surface area contributed by atoms with Crippen LogP contribution in [0.25, 0.3) is 0 Å². The molecule has 3 nitrogen and oxygen atoms in total. The number of hydrogen-bond donors (Lipinski definition) is 1. The second kappa shape index (κ2) is 7.20. The smallest absolute Gasteiger partial charge is 0.0622 e.